The predicted molar refractivity (Wildman–Crippen MR) is 112 cm³/mol. The molecule has 0 atom stereocenters. The Morgan fingerprint density at radius 1 is 0.867 bits per heavy atom. The number of hydrogen-bond donors (Lipinski definition) is 2. The zero-order valence-corrected chi connectivity index (χ0v) is 17.4. The maximum absolute atomic E-state index is 13.8. The number of rotatable bonds is 5. The van der Waals surface area contributed by atoms with E-state index < -0.39 is 27.6 Å². The van der Waals surface area contributed by atoms with E-state index in [-0.39, 0.29) is 16.1 Å². The van der Waals surface area contributed by atoms with Crippen molar-refractivity contribution in [2.45, 2.75) is 25.7 Å². The third-order valence-electron chi connectivity index (χ3n) is 4.77. The van der Waals surface area contributed by atoms with Gasteiger partial charge in [-0.2, -0.15) is 0 Å². The molecule has 2 N–H and O–H groups in total. The first-order valence-corrected chi connectivity index (χ1v) is 10.5. The fourth-order valence-electron chi connectivity index (χ4n) is 2.88. The van der Waals surface area contributed by atoms with E-state index in [1.54, 1.807) is 26.0 Å². The van der Waals surface area contributed by atoms with Gasteiger partial charge in [-0.15, -0.1) is 0 Å². The third-order valence-corrected chi connectivity index (χ3v) is 6.28. The Hall–Kier alpha value is -3.26. The molecule has 0 aliphatic carbocycles. The normalized spacial score (nSPS) is 11.2. The van der Waals surface area contributed by atoms with Crippen LogP contribution in [0.15, 0.2) is 59.5 Å². The highest BCUT2D eigenvalue weighted by atomic mass is 32.2. The molecule has 0 heterocycles. The quantitative estimate of drug-likeness (QED) is 0.602. The minimum atomic E-state index is -3.98. The molecule has 0 radical (unpaired) electrons. The lowest BCUT2D eigenvalue weighted by molar-refractivity contribution is 0.102. The molecule has 3 aromatic rings. The molecular weight excluding hydrogens is 410 g/mol. The summed E-state index contributed by atoms with van der Waals surface area (Å²) < 4.78 is 55.3. The number of carbonyl (C=O) groups is 1. The van der Waals surface area contributed by atoms with Gasteiger partial charge in [0.2, 0.25) is 0 Å². The van der Waals surface area contributed by atoms with Crippen LogP contribution in [0.1, 0.15) is 27.0 Å². The monoisotopic (exact) mass is 430 g/mol. The summed E-state index contributed by atoms with van der Waals surface area (Å²) in [5.74, 6) is -2.42. The first-order chi connectivity index (χ1) is 14.1. The number of anilines is 2. The van der Waals surface area contributed by atoms with Crippen LogP contribution in [-0.4, -0.2) is 14.3 Å². The van der Waals surface area contributed by atoms with Crippen molar-refractivity contribution in [1.82, 2.24) is 0 Å². The first-order valence-electron chi connectivity index (χ1n) is 9.04. The summed E-state index contributed by atoms with van der Waals surface area (Å²) in [6.07, 6.45) is 0. The van der Waals surface area contributed by atoms with Gasteiger partial charge in [0.15, 0.2) is 0 Å². The minimum absolute atomic E-state index is 0.0191. The van der Waals surface area contributed by atoms with Crippen LogP contribution in [0.25, 0.3) is 0 Å². The Morgan fingerprint density at radius 3 is 2.30 bits per heavy atom. The molecule has 0 saturated heterocycles. The van der Waals surface area contributed by atoms with Crippen molar-refractivity contribution >= 4 is 27.3 Å². The Bertz CT molecular complexity index is 1240. The van der Waals surface area contributed by atoms with Crippen molar-refractivity contribution in [1.29, 1.82) is 0 Å². The van der Waals surface area contributed by atoms with E-state index in [0.717, 1.165) is 23.3 Å². The van der Waals surface area contributed by atoms with Gasteiger partial charge in [-0.1, -0.05) is 18.2 Å². The van der Waals surface area contributed by atoms with Gasteiger partial charge in [-0.05, 0) is 67.8 Å². The molecule has 0 bridgehead atoms. The van der Waals surface area contributed by atoms with E-state index in [1.165, 1.54) is 18.2 Å². The van der Waals surface area contributed by atoms with Crippen molar-refractivity contribution in [3.8, 4) is 0 Å². The number of aryl methyl sites for hydroxylation is 2. The Morgan fingerprint density at radius 2 is 1.60 bits per heavy atom. The summed E-state index contributed by atoms with van der Waals surface area (Å²) in [6, 6.07) is 12.2. The van der Waals surface area contributed by atoms with E-state index in [4.69, 9.17) is 0 Å². The maximum atomic E-state index is 13.8. The van der Waals surface area contributed by atoms with E-state index in [1.807, 2.05) is 13.0 Å². The van der Waals surface area contributed by atoms with Gasteiger partial charge in [-0.3, -0.25) is 9.52 Å². The van der Waals surface area contributed by atoms with E-state index >= 15 is 0 Å². The van der Waals surface area contributed by atoms with Crippen LogP contribution in [0.2, 0.25) is 0 Å². The topological polar surface area (TPSA) is 75.3 Å². The second kappa shape index (κ2) is 8.23. The van der Waals surface area contributed by atoms with Crippen LogP contribution in [0.5, 0.6) is 0 Å². The lowest BCUT2D eigenvalue weighted by Crippen LogP contribution is -2.18. The van der Waals surface area contributed by atoms with Gasteiger partial charge in [0.25, 0.3) is 15.9 Å². The maximum Gasteiger partial charge on any atom is 0.262 e. The summed E-state index contributed by atoms with van der Waals surface area (Å²) in [6.45, 7) is 5.29. The van der Waals surface area contributed by atoms with Crippen molar-refractivity contribution in [3.63, 3.8) is 0 Å². The number of benzene rings is 3. The second-order valence-electron chi connectivity index (χ2n) is 6.91. The van der Waals surface area contributed by atoms with Crippen molar-refractivity contribution < 1.29 is 22.0 Å². The second-order valence-corrected chi connectivity index (χ2v) is 8.56. The number of amides is 1. The average molecular weight is 430 g/mol. The SMILES string of the molecule is Cc1ccc(C(=O)Nc2ccc(F)cc2F)cc1S(=O)(=O)Nc1cccc(C)c1C. The van der Waals surface area contributed by atoms with Gasteiger partial charge in [0.05, 0.1) is 16.3 Å². The Labute approximate surface area is 173 Å². The molecule has 0 aromatic heterocycles. The van der Waals surface area contributed by atoms with Crippen LogP contribution in [0, 0.1) is 32.4 Å². The minimum Gasteiger partial charge on any atom is -0.319 e. The van der Waals surface area contributed by atoms with Crippen molar-refractivity contribution in [2.24, 2.45) is 0 Å². The number of sulfonamides is 1. The molecule has 1 amide bonds. The summed E-state index contributed by atoms with van der Waals surface area (Å²) in [5.41, 5.74) is 2.42. The summed E-state index contributed by atoms with van der Waals surface area (Å²) in [7, 11) is -3.98. The first kappa shape index (κ1) is 21.4. The molecule has 0 spiro atoms. The van der Waals surface area contributed by atoms with E-state index in [0.29, 0.717) is 17.3 Å². The highest BCUT2D eigenvalue weighted by Crippen LogP contribution is 2.25. The molecule has 5 nitrogen and oxygen atoms in total. The predicted octanol–water partition coefficient (Wildman–Crippen LogP) is 4.94. The van der Waals surface area contributed by atoms with Gasteiger partial charge in [-0.25, -0.2) is 17.2 Å². The van der Waals surface area contributed by atoms with Crippen LogP contribution >= 0.6 is 0 Å². The molecule has 8 heteroatoms. The van der Waals surface area contributed by atoms with Crippen LogP contribution in [0.3, 0.4) is 0 Å². The zero-order valence-electron chi connectivity index (χ0n) is 16.6. The number of carbonyl (C=O) groups excluding carboxylic acids is 1. The standard InChI is InChI=1S/C22H20F2N2O3S/c1-13-5-4-6-19(15(13)3)26-30(28,29)21-11-16(8-7-14(21)2)22(27)25-20-10-9-17(23)12-18(20)24/h4-12,26H,1-3H3,(H,25,27). The Kier molecular flexibility index (Phi) is 5.89. The molecule has 30 heavy (non-hydrogen) atoms. The molecule has 156 valence electrons. The number of hydrogen-bond acceptors (Lipinski definition) is 3. The Balaban J connectivity index is 1.92. The van der Waals surface area contributed by atoms with E-state index in [9.17, 15) is 22.0 Å². The van der Waals surface area contributed by atoms with Gasteiger partial charge < -0.3 is 5.32 Å². The largest absolute Gasteiger partial charge is 0.319 e. The summed E-state index contributed by atoms with van der Waals surface area (Å²) in [5, 5.41) is 2.32. The molecule has 3 aromatic carbocycles. The number of nitrogens with one attached hydrogen (secondary N) is 2. The summed E-state index contributed by atoms with van der Waals surface area (Å²) >= 11 is 0. The smallest absolute Gasteiger partial charge is 0.262 e. The average Bonchev–Trinajstić information content (AvgIpc) is 2.67. The zero-order chi connectivity index (χ0) is 22.1. The van der Waals surface area contributed by atoms with Crippen molar-refractivity contribution in [3.05, 3.63) is 88.5 Å². The van der Waals surface area contributed by atoms with Crippen molar-refractivity contribution in [2.75, 3.05) is 10.0 Å². The highest BCUT2D eigenvalue weighted by Gasteiger charge is 2.21. The van der Waals surface area contributed by atoms with Gasteiger partial charge in [0.1, 0.15) is 11.6 Å². The molecule has 0 fully saturated rings. The molecular formula is C22H20F2N2O3S. The molecule has 0 saturated carbocycles. The van der Waals surface area contributed by atoms with Crippen LogP contribution < -0.4 is 10.0 Å². The van der Waals surface area contributed by atoms with Gasteiger partial charge in [0, 0.05) is 11.6 Å². The van der Waals surface area contributed by atoms with E-state index in [2.05, 4.69) is 10.0 Å². The fourth-order valence-corrected chi connectivity index (χ4v) is 4.27. The summed E-state index contributed by atoms with van der Waals surface area (Å²) in [4.78, 5) is 12.4. The van der Waals surface area contributed by atoms with Crippen LogP contribution in [0.4, 0.5) is 20.2 Å². The highest BCUT2D eigenvalue weighted by molar-refractivity contribution is 7.92. The number of halogens is 2. The third kappa shape index (κ3) is 4.49. The van der Waals surface area contributed by atoms with Gasteiger partial charge >= 0.3 is 0 Å². The lowest BCUT2D eigenvalue weighted by atomic mass is 10.1. The fraction of sp³-hybridized carbons (Fsp3) is 0.136. The molecule has 3 rings (SSSR count). The molecule has 0 unspecified atom stereocenters. The van der Waals surface area contributed by atoms with Crippen LogP contribution in [-0.2, 0) is 10.0 Å². The molecule has 0 aliphatic heterocycles. The molecule has 0 aliphatic rings. The lowest BCUT2D eigenvalue weighted by Gasteiger charge is -2.14.